The highest BCUT2D eigenvalue weighted by atomic mass is 16.3. The van der Waals surface area contributed by atoms with Crippen LogP contribution in [0.3, 0.4) is 0 Å². The first-order valence-corrected chi connectivity index (χ1v) is 5.74. The number of amides is 1. The zero-order valence-electron chi connectivity index (χ0n) is 9.68. The molecule has 4 nitrogen and oxygen atoms in total. The minimum absolute atomic E-state index is 0.0379. The van der Waals surface area contributed by atoms with Gasteiger partial charge in [0.1, 0.15) is 0 Å². The molecule has 15 heavy (non-hydrogen) atoms. The largest absolute Gasteiger partial charge is 0.388 e. The van der Waals surface area contributed by atoms with Crippen molar-refractivity contribution in [3.05, 3.63) is 0 Å². The summed E-state index contributed by atoms with van der Waals surface area (Å²) in [5.41, 5.74) is -0.645. The zero-order chi connectivity index (χ0) is 11.3. The summed E-state index contributed by atoms with van der Waals surface area (Å²) in [4.78, 5) is 11.4. The molecule has 0 aliphatic heterocycles. The van der Waals surface area contributed by atoms with Crippen LogP contribution in [-0.2, 0) is 4.79 Å². The summed E-state index contributed by atoms with van der Waals surface area (Å²) < 4.78 is 0. The molecule has 1 aliphatic carbocycles. The smallest absolute Gasteiger partial charge is 0.234 e. The Hall–Kier alpha value is -0.610. The lowest BCUT2D eigenvalue weighted by Gasteiger charge is -2.22. The van der Waals surface area contributed by atoms with E-state index < -0.39 is 5.60 Å². The molecule has 0 aromatic rings. The number of nitrogens with one attached hydrogen (secondary N) is 2. The van der Waals surface area contributed by atoms with Gasteiger partial charge in [-0.15, -0.1) is 0 Å². The molecule has 0 aromatic heterocycles. The lowest BCUT2D eigenvalue weighted by Crippen LogP contribution is -2.44. The number of rotatable bonds is 5. The predicted molar refractivity (Wildman–Crippen MR) is 59.6 cm³/mol. The van der Waals surface area contributed by atoms with E-state index in [1.165, 1.54) is 0 Å². The second kappa shape index (κ2) is 5.47. The minimum atomic E-state index is -0.645. The molecule has 1 rings (SSSR count). The van der Waals surface area contributed by atoms with Crippen LogP contribution in [0.25, 0.3) is 0 Å². The highest BCUT2D eigenvalue weighted by Gasteiger charge is 2.31. The summed E-state index contributed by atoms with van der Waals surface area (Å²) in [6, 6.07) is 0.310. The summed E-state index contributed by atoms with van der Waals surface area (Å²) in [6.45, 7) is 4.72. The van der Waals surface area contributed by atoms with Crippen molar-refractivity contribution in [3.8, 4) is 0 Å². The van der Waals surface area contributed by atoms with E-state index in [0.717, 1.165) is 25.7 Å². The van der Waals surface area contributed by atoms with Gasteiger partial charge in [-0.1, -0.05) is 26.7 Å². The van der Waals surface area contributed by atoms with Crippen molar-refractivity contribution in [3.63, 3.8) is 0 Å². The normalized spacial score (nSPS) is 19.5. The van der Waals surface area contributed by atoms with Gasteiger partial charge < -0.3 is 15.7 Å². The molecule has 88 valence electrons. The maximum absolute atomic E-state index is 11.4. The molecule has 4 heteroatoms. The molecular weight excluding hydrogens is 192 g/mol. The summed E-state index contributed by atoms with van der Waals surface area (Å²) in [6.07, 6.45) is 3.75. The zero-order valence-corrected chi connectivity index (χ0v) is 9.68. The molecule has 1 fully saturated rings. The lowest BCUT2D eigenvalue weighted by molar-refractivity contribution is -0.121. The van der Waals surface area contributed by atoms with E-state index >= 15 is 0 Å². The second-order valence-electron chi connectivity index (χ2n) is 4.74. The molecule has 3 N–H and O–H groups in total. The van der Waals surface area contributed by atoms with Gasteiger partial charge in [0, 0.05) is 12.6 Å². The minimum Gasteiger partial charge on any atom is -0.388 e. The highest BCUT2D eigenvalue weighted by Crippen LogP contribution is 2.28. The molecule has 0 atom stereocenters. The fourth-order valence-electron chi connectivity index (χ4n) is 1.83. The number of hydrogen-bond donors (Lipinski definition) is 3. The van der Waals surface area contributed by atoms with Crippen molar-refractivity contribution >= 4 is 5.91 Å². The van der Waals surface area contributed by atoms with E-state index in [1.54, 1.807) is 0 Å². The Morgan fingerprint density at radius 3 is 2.53 bits per heavy atom. The van der Waals surface area contributed by atoms with Crippen LogP contribution in [-0.4, -0.2) is 35.7 Å². The Balaban J connectivity index is 2.16. The third kappa shape index (κ3) is 4.62. The first kappa shape index (κ1) is 12.5. The van der Waals surface area contributed by atoms with Gasteiger partial charge in [0.25, 0.3) is 0 Å². The molecule has 0 saturated heterocycles. The first-order chi connectivity index (χ1) is 7.02. The maximum Gasteiger partial charge on any atom is 0.234 e. The van der Waals surface area contributed by atoms with Crippen molar-refractivity contribution in [2.75, 3.05) is 13.1 Å². The summed E-state index contributed by atoms with van der Waals surface area (Å²) in [5.74, 6) is -0.0379. The van der Waals surface area contributed by atoms with Crippen LogP contribution in [0, 0.1) is 0 Å². The molecule has 0 radical (unpaired) electrons. The van der Waals surface area contributed by atoms with E-state index in [0.29, 0.717) is 19.1 Å². The van der Waals surface area contributed by atoms with Crippen LogP contribution < -0.4 is 10.6 Å². The summed E-state index contributed by atoms with van der Waals surface area (Å²) in [7, 11) is 0. The van der Waals surface area contributed by atoms with Crippen molar-refractivity contribution in [2.45, 2.75) is 51.2 Å². The quantitative estimate of drug-likeness (QED) is 0.621. The molecular formula is C11H22N2O2. The maximum atomic E-state index is 11.4. The van der Waals surface area contributed by atoms with Gasteiger partial charge in [0.05, 0.1) is 12.1 Å². The predicted octanol–water partition coefficient (Wildman–Crippen LogP) is 0.406. The Labute approximate surface area is 91.4 Å². The topological polar surface area (TPSA) is 61.4 Å². The monoisotopic (exact) mass is 214 g/mol. The molecule has 0 unspecified atom stereocenters. The fourth-order valence-corrected chi connectivity index (χ4v) is 1.83. The number of carbonyl (C=O) groups excluding carboxylic acids is 1. The van der Waals surface area contributed by atoms with Gasteiger partial charge in [-0.25, -0.2) is 0 Å². The highest BCUT2D eigenvalue weighted by molar-refractivity contribution is 5.78. The summed E-state index contributed by atoms with van der Waals surface area (Å²) >= 11 is 0. The van der Waals surface area contributed by atoms with E-state index in [1.807, 2.05) is 13.8 Å². The third-order valence-corrected chi connectivity index (χ3v) is 2.82. The first-order valence-electron chi connectivity index (χ1n) is 5.74. The number of hydrogen-bond acceptors (Lipinski definition) is 3. The fraction of sp³-hybridized carbons (Fsp3) is 0.909. The van der Waals surface area contributed by atoms with Crippen LogP contribution in [0.2, 0.25) is 0 Å². The van der Waals surface area contributed by atoms with Crippen LogP contribution >= 0.6 is 0 Å². The van der Waals surface area contributed by atoms with Gasteiger partial charge in [-0.05, 0) is 12.8 Å². The second-order valence-corrected chi connectivity index (χ2v) is 4.74. The molecule has 1 amide bonds. The van der Waals surface area contributed by atoms with Gasteiger partial charge in [-0.2, -0.15) is 0 Å². The molecule has 0 heterocycles. The van der Waals surface area contributed by atoms with Gasteiger partial charge in [0.15, 0.2) is 0 Å². The van der Waals surface area contributed by atoms with Crippen LogP contribution in [0.15, 0.2) is 0 Å². The van der Waals surface area contributed by atoms with Crippen molar-refractivity contribution < 1.29 is 9.90 Å². The van der Waals surface area contributed by atoms with E-state index in [2.05, 4.69) is 10.6 Å². The standard InChI is InChI=1S/C11H22N2O2/c1-9(2)12-7-10(14)13-8-11(15)5-3-4-6-11/h9,12,15H,3-8H2,1-2H3,(H,13,14). The Morgan fingerprint density at radius 2 is 2.00 bits per heavy atom. The number of carbonyl (C=O) groups is 1. The van der Waals surface area contributed by atoms with Crippen molar-refractivity contribution in [1.82, 2.24) is 10.6 Å². The summed E-state index contributed by atoms with van der Waals surface area (Å²) in [5, 5.41) is 15.8. The Morgan fingerprint density at radius 1 is 1.40 bits per heavy atom. The Kier molecular flexibility index (Phi) is 4.54. The van der Waals surface area contributed by atoms with Crippen LogP contribution in [0.4, 0.5) is 0 Å². The van der Waals surface area contributed by atoms with Gasteiger partial charge in [-0.3, -0.25) is 4.79 Å². The average molecular weight is 214 g/mol. The number of aliphatic hydroxyl groups is 1. The lowest BCUT2D eigenvalue weighted by atomic mass is 10.0. The molecule has 0 bridgehead atoms. The van der Waals surface area contributed by atoms with Crippen LogP contribution in [0.1, 0.15) is 39.5 Å². The van der Waals surface area contributed by atoms with Gasteiger partial charge in [0.2, 0.25) is 5.91 Å². The third-order valence-electron chi connectivity index (χ3n) is 2.82. The molecule has 1 saturated carbocycles. The van der Waals surface area contributed by atoms with E-state index in [-0.39, 0.29) is 5.91 Å². The molecule has 0 spiro atoms. The SMILES string of the molecule is CC(C)NCC(=O)NCC1(O)CCCC1. The molecule has 0 aromatic carbocycles. The Bertz CT molecular complexity index is 211. The van der Waals surface area contributed by atoms with Crippen molar-refractivity contribution in [1.29, 1.82) is 0 Å². The van der Waals surface area contributed by atoms with Crippen molar-refractivity contribution in [2.24, 2.45) is 0 Å². The average Bonchev–Trinajstić information content (AvgIpc) is 2.60. The molecule has 1 aliphatic rings. The van der Waals surface area contributed by atoms with E-state index in [9.17, 15) is 9.90 Å². The van der Waals surface area contributed by atoms with Gasteiger partial charge >= 0.3 is 0 Å². The van der Waals surface area contributed by atoms with E-state index in [4.69, 9.17) is 0 Å². The van der Waals surface area contributed by atoms with Crippen LogP contribution in [0.5, 0.6) is 0 Å².